The van der Waals surface area contributed by atoms with E-state index in [1.807, 2.05) is 74.0 Å². The zero-order chi connectivity index (χ0) is 22.2. The van der Waals surface area contributed by atoms with Crippen LogP contribution in [0.3, 0.4) is 0 Å². The molecule has 2 N–H and O–H groups in total. The SMILES string of the molecule is CCCCCCCN(C)/C(=C(\SC)C(N)=O)c1ccccc1.COc1ccccc1. The molecular formula is C25H36N2O2S. The van der Waals surface area contributed by atoms with Crippen LogP contribution in [-0.4, -0.2) is 37.8 Å². The Morgan fingerprint density at radius 3 is 2.00 bits per heavy atom. The molecule has 0 aliphatic carbocycles. The zero-order valence-electron chi connectivity index (χ0n) is 18.8. The first kappa shape index (κ1) is 25.6. The Morgan fingerprint density at radius 2 is 1.53 bits per heavy atom. The van der Waals surface area contributed by atoms with E-state index >= 15 is 0 Å². The molecule has 1 amide bonds. The van der Waals surface area contributed by atoms with Gasteiger partial charge in [0, 0.05) is 13.6 Å². The molecule has 0 aromatic heterocycles. The average molecular weight is 429 g/mol. The number of nitrogens with zero attached hydrogens (tertiary/aromatic N) is 1. The molecule has 0 spiro atoms. The first-order valence-electron chi connectivity index (χ1n) is 10.5. The van der Waals surface area contributed by atoms with Crippen LogP contribution in [0, 0.1) is 0 Å². The molecule has 0 saturated heterocycles. The Kier molecular flexibility index (Phi) is 13.2. The van der Waals surface area contributed by atoms with Crippen LogP contribution < -0.4 is 10.5 Å². The molecule has 4 nitrogen and oxygen atoms in total. The van der Waals surface area contributed by atoms with Crippen molar-refractivity contribution in [3.05, 3.63) is 71.1 Å². The predicted octanol–water partition coefficient (Wildman–Crippen LogP) is 5.80. The molecule has 30 heavy (non-hydrogen) atoms. The van der Waals surface area contributed by atoms with Crippen LogP contribution in [0.2, 0.25) is 0 Å². The Balaban J connectivity index is 0.000000467. The van der Waals surface area contributed by atoms with Crippen molar-refractivity contribution in [3.63, 3.8) is 0 Å². The van der Waals surface area contributed by atoms with Crippen molar-refractivity contribution in [2.24, 2.45) is 5.73 Å². The van der Waals surface area contributed by atoms with Crippen molar-refractivity contribution in [1.29, 1.82) is 0 Å². The molecule has 0 radical (unpaired) electrons. The molecule has 0 aliphatic rings. The summed E-state index contributed by atoms with van der Waals surface area (Å²) in [6, 6.07) is 19.7. The molecule has 5 heteroatoms. The van der Waals surface area contributed by atoms with Gasteiger partial charge in [-0.2, -0.15) is 0 Å². The summed E-state index contributed by atoms with van der Waals surface area (Å²) < 4.78 is 4.91. The van der Waals surface area contributed by atoms with Crippen molar-refractivity contribution >= 4 is 23.4 Å². The highest BCUT2D eigenvalue weighted by atomic mass is 32.2. The van der Waals surface area contributed by atoms with Crippen LogP contribution in [0.1, 0.15) is 44.6 Å². The summed E-state index contributed by atoms with van der Waals surface area (Å²) in [7, 11) is 3.71. The van der Waals surface area contributed by atoms with Gasteiger partial charge in [0.05, 0.1) is 17.7 Å². The number of ether oxygens (including phenoxy) is 1. The Morgan fingerprint density at radius 1 is 0.967 bits per heavy atom. The van der Waals surface area contributed by atoms with Gasteiger partial charge in [0.15, 0.2) is 0 Å². The quantitative estimate of drug-likeness (QED) is 0.363. The number of nitrogens with two attached hydrogens (primary N) is 1. The highest BCUT2D eigenvalue weighted by Gasteiger charge is 2.17. The van der Waals surface area contributed by atoms with E-state index in [9.17, 15) is 4.79 Å². The van der Waals surface area contributed by atoms with Crippen LogP contribution in [0.5, 0.6) is 5.75 Å². The minimum absolute atomic E-state index is 0.357. The largest absolute Gasteiger partial charge is 0.497 e. The first-order chi connectivity index (χ1) is 14.5. The van der Waals surface area contributed by atoms with Crippen molar-refractivity contribution in [1.82, 2.24) is 4.90 Å². The molecule has 0 unspecified atom stereocenters. The van der Waals surface area contributed by atoms with Gasteiger partial charge in [0.25, 0.3) is 5.91 Å². The van der Waals surface area contributed by atoms with Crippen LogP contribution in [0.4, 0.5) is 0 Å². The molecule has 0 saturated carbocycles. The van der Waals surface area contributed by atoms with Crippen molar-refractivity contribution in [2.75, 3.05) is 27.0 Å². The molecule has 164 valence electrons. The number of methoxy groups -OCH3 is 1. The fourth-order valence-corrected chi connectivity index (χ4v) is 3.72. The molecule has 0 fully saturated rings. The number of para-hydroxylation sites is 1. The number of amides is 1. The minimum atomic E-state index is -0.357. The lowest BCUT2D eigenvalue weighted by Gasteiger charge is -2.25. The first-order valence-corrected chi connectivity index (χ1v) is 11.7. The fourth-order valence-electron chi connectivity index (χ4n) is 3.06. The number of thioether (sulfide) groups is 1. The normalized spacial score (nSPS) is 11.1. The minimum Gasteiger partial charge on any atom is -0.497 e. The third kappa shape index (κ3) is 9.40. The van der Waals surface area contributed by atoms with E-state index in [-0.39, 0.29) is 5.91 Å². The van der Waals surface area contributed by atoms with E-state index in [1.165, 1.54) is 37.4 Å². The number of benzene rings is 2. The van der Waals surface area contributed by atoms with E-state index in [1.54, 1.807) is 7.11 Å². The standard InChI is InChI=1S/C18H28N2OS.C7H8O/c1-4-5-6-7-11-14-20(2)16(17(22-3)18(19)21)15-12-9-8-10-13-15;1-8-7-5-3-2-4-6-7/h8-10,12-13H,4-7,11,14H2,1-3H3,(H2,19,21);2-6H,1H3/b17-16-;. The summed E-state index contributed by atoms with van der Waals surface area (Å²) >= 11 is 1.42. The Hall–Kier alpha value is -2.40. The second-order valence-electron chi connectivity index (χ2n) is 6.97. The summed E-state index contributed by atoms with van der Waals surface area (Å²) in [4.78, 5) is 14.6. The van der Waals surface area contributed by atoms with Crippen molar-refractivity contribution in [2.45, 2.75) is 39.0 Å². The highest BCUT2D eigenvalue weighted by Crippen LogP contribution is 2.28. The smallest absolute Gasteiger partial charge is 0.257 e. The maximum absolute atomic E-state index is 11.8. The van der Waals surface area contributed by atoms with Crippen LogP contribution in [0.25, 0.3) is 5.70 Å². The highest BCUT2D eigenvalue weighted by molar-refractivity contribution is 8.03. The lowest BCUT2D eigenvalue weighted by Crippen LogP contribution is -2.23. The molecular weight excluding hydrogens is 392 g/mol. The number of unbranched alkanes of at least 4 members (excludes halogenated alkanes) is 4. The number of primary amides is 1. The summed E-state index contributed by atoms with van der Waals surface area (Å²) in [5.41, 5.74) is 7.56. The molecule has 0 bridgehead atoms. The number of carbonyl (C=O) groups is 1. The van der Waals surface area contributed by atoms with Crippen LogP contribution >= 0.6 is 11.8 Å². The summed E-state index contributed by atoms with van der Waals surface area (Å²) in [6.45, 7) is 3.16. The van der Waals surface area contributed by atoms with Gasteiger partial charge in [0.1, 0.15) is 5.75 Å². The molecule has 0 aliphatic heterocycles. The second-order valence-corrected chi connectivity index (χ2v) is 7.78. The van der Waals surface area contributed by atoms with Gasteiger partial charge in [-0.1, -0.05) is 81.1 Å². The number of hydrogen-bond donors (Lipinski definition) is 1. The monoisotopic (exact) mass is 428 g/mol. The number of rotatable bonds is 11. The molecule has 2 aromatic rings. The average Bonchev–Trinajstić information content (AvgIpc) is 2.78. The number of hydrogen-bond acceptors (Lipinski definition) is 4. The van der Waals surface area contributed by atoms with Gasteiger partial charge >= 0.3 is 0 Å². The second kappa shape index (κ2) is 15.4. The van der Waals surface area contributed by atoms with E-state index in [2.05, 4.69) is 11.8 Å². The lowest BCUT2D eigenvalue weighted by molar-refractivity contribution is -0.113. The van der Waals surface area contributed by atoms with Gasteiger partial charge in [0.2, 0.25) is 0 Å². The molecule has 2 rings (SSSR count). The Bertz CT molecular complexity index is 748. The Labute approximate surface area is 186 Å². The van der Waals surface area contributed by atoms with Crippen molar-refractivity contribution < 1.29 is 9.53 Å². The van der Waals surface area contributed by atoms with Gasteiger partial charge in [-0.05, 0) is 30.4 Å². The van der Waals surface area contributed by atoms with E-state index in [4.69, 9.17) is 10.5 Å². The predicted molar refractivity (Wildman–Crippen MR) is 130 cm³/mol. The molecule has 2 aromatic carbocycles. The molecule has 0 atom stereocenters. The zero-order valence-corrected chi connectivity index (χ0v) is 19.6. The van der Waals surface area contributed by atoms with E-state index in [0.717, 1.165) is 30.0 Å². The van der Waals surface area contributed by atoms with E-state index in [0.29, 0.717) is 4.91 Å². The van der Waals surface area contributed by atoms with Gasteiger partial charge < -0.3 is 15.4 Å². The lowest BCUT2D eigenvalue weighted by atomic mass is 10.1. The third-order valence-electron chi connectivity index (χ3n) is 4.65. The van der Waals surface area contributed by atoms with Gasteiger partial charge in [-0.3, -0.25) is 4.79 Å². The van der Waals surface area contributed by atoms with Crippen LogP contribution in [0.15, 0.2) is 65.6 Å². The summed E-state index contributed by atoms with van der Waals surface area (Å²) in [6.07, 6.45) is 8.09. The summed E-state index contributed by atoms with van der Waals surface area (Å²) in [5, 5.41) is 0. The summed E-state index contributed by atoms with van der Waals surface area (Å²) in [5.74, 6) is 0.552. The van der Waals surface area contributed by atoms with Crippen LogP contribution in [-0.2, 0) is 4.79 Å². The van der Waals surface area contributed by atoms with Gasteiger partial charge in [-0.15, -0.1) is 11.8 Å². The maximum Gasteiger partial charge on any atom is 0.257 e. The van der Waals surface area contributed by atoms with E-state index < -0.39 is 0 Å². The molecule has 0 heterocycles. The fraction of sp³-hybridized carbons (Fsp3) is 0.400. The maximum atomic E-state index is 11.8. The number of carbonyl (C=O) groups excluding carboxylic acids is 1. The topological polar surface area (TPSA) is 55.6 Å². The van der Waals surface area contributed by atoms with Crippen molar-refractivity contribution in [3.8, 4) is 5.75 Å². The third-order valence-corrected chi connectivity index (χ3v) is 5.45. The van der Waals surface area contributed by atoms with Gasteiger partial charge in [-0.25, -0.2) is 0 Å².